The number of hydrogen-bond donors (Lipinski definition) is 1. The van der Waals surface area contributed by atoms with Crippen molar-refractivity contribution >= 4 is 29.3 Å². The summed E-state index contributed by atoms with van der Waals surface area (Å²) in [6.07, 6.45) is 3.77. The smallest absolute Gasteiger partial charge is 0.309 e. The third-order valence-electron chi connectivity index (χ3n) is 6.27. The Hall–Kier alpha value is -2.70. The van der Waals surface area contributed by atoms with Crippen molar-refractivity contribution in [2.75, 3.05) is 25.5 Å². The molecule has 1 aromatic carbocycles. The molecule has 1 aromatic rings. The number of Topliss-reactive ketones (excluding diaryl/α,β-unsaturated/α-hetero) is 1. The van der Waals surface area contributed by atoms with Crippen LogP contribution in [-0.4, -0.2) is 48.7 Å². The van der Waals surface area contributed by atoms with E-state index in [1.807, 2.05) is 32.0 Å². The first-order valence-electron chi connectivity index (χ1n) is 10.6. The van der Waals surface area contributed by atoms with Crippen LogP contribution in [0.25, 0.3) is 0 Å². The Kier molecular flexibility index (Phi) is 6.90. The summed E-state index contributed by atoms with van der Waals surface area (Å²) in [6, 6.07) is 5.73. The van der Waals surface area contributed by atoms with Crippen LogP contribution in [-0.2, 0) is 23.9 Å². The van der Waals surface area contributed by atoms with Gasteiger partial charge in [-0.1, -0.05) is 24.6 Å². The van der Waals surface area contributed by atoms with Gasteiger partial charge in [0.15, 0.2) is 6.61 Å². The molecule has 0 spiro atoms. The van der Waals surface area contributed by atoms with Gasteiger partial charge in [0.05, 0.1) is 12.5 Å². The number of anilines is 1. The highest BCUT2D eigenvalue weighted by Gasteiger charge is 2.41. The topological polar surface area (TPSA) is 92.8 Å². The lowest BCUT2D eigenvalue weighted by atomic mass is 9.67. The van der Waals surface area contributed by atoms with Crippen LogP contribution in [0.15, 0.2) is 18.2 Å². The quantitative estimate of drug-likeness (QED) is 0.723. The maximum atomic E-state index is 12.4. The second-order valence-corrected chi connectivity index (χ2v) is 8.57. The molecule has 2 bridgehead atoms. The number of para-hydroxylation sites is 1. The molecule has 2 atom stereocenters. The number of ketones is 1. The molecule has 7 heteroatoms. The predicted octanol–water partition coefficient (Wildman–Crippen LogP) is 2.64. The maximum Gasteiger partial charge on any atom is 0.309 e. The van der Waals surface area contributed by atoms with Gasteiger partial charge in [0.2, 0.25) is 5.91 Å². The van der Waals surface area contributed by atoms with Crippen molar-refractivity contribution in [1.82, 2.24) is 4.90 Å². The van der Waals surface area contributed by atoms with Gasteiger partial charge in [0, 0.05) is 24.6 Å². The van der Waals surface area contributed by atoms with Gasteiger partial charge in [0.25, 0.3) is 5.91 Å². The highest BCUT2D eigenvalue weighted by molar-refractivity contribution is 5.96. The third kappa shape index (κ3) is 5.07. The van der Waals surface area contributed by atoms with Crippen LogP contribution in [0.1, 0.15) is 43.2 Å². The minimum Gasteiger partial charge on any atom is -0.455 e. The van der Waals surface area contributed by atoms with E-state index in [1.165, 1.54) is 11.9 Å². The summed E-state index contributed by atoms with van der Waals surface area (Å²) in [6.45, 7) is 3.28. The number of amides is 2. The zero-order valence-electron chi connectivity index (χ0n) is 17.9. The molecule has 3 rings (SSSR count). The van der Waals surface area contributed by atoms with E-state index in [4.69, 9.17) is 4.74 Å². The molecule has 2 amide bonds. The molecule has 0 aromatic heterocycles. The Labute approximate surface area is 177 Å². The number of likely N-dealkylation sites (N-methyl/N-ethyl adjacent to an activating group) is 1. The molecule has 0 saturated heterocycles. The number of aryl methyl sites for hydroxylation is 2. The Morgan fingerprint density at radius 3 is 2.30 bits per heavy atom. The van der Waals surface area contributed by atoms with Crippen LogP contribution in [0, 0.1) is 31.6 Å². The van der Waals surface area contributed by atoms with Crippen molar-refractivity contribution in [1.29, 1.82) is 0 Å². The number of fused-ring (bicyclic) bond motifs is 2. The molecule has 2 aliphatic rings. The van der Waals surface area contributed by atoms with Crippen LogP contribution >= 0.6 is 0 Å². The van der Waals surface area contributed by atoms with E-state index in [-0.39, 0.29) is 36.0 Å². The van der Waals surface area contributed by atoms with Crippen LogP contribution in [0.2, 0.25) is 0 Å². The minimum atomic E-state index is -0.438. The number of carbonyl (C=O) groups excluding carboxylic acids is 4. The van der Waals surface area contributed by atoms with Gasteiger partial charge >= 0.3 is 5.97 Å². The van der Waals surface area contributed by atoms with Crippen LogP contribution in [0.5, 0.6) is 0 Å². The summed E-state index contributed by atoms with van der Waals surface area (Å²) in [5.41, 5.74) is 2.64. The Morgan fingerprint density at radius 1 is 1.10 bits per heavy atom. The van der Waals surface area contributed by atoms with Gasteiger partial charge < -0.3 is 15.0 Å². The van der Waals surface area contributed by atoms with Gasteiger partial charge in [0.1, 0.15) is 5.78 Å². The Bertz CT molecular complexity index is 814. The molecule has 0 aliphatic heterocycles. The highest BCUT2D eigenvalue weighted by Crippen LogP contribution is 2.40. The largest absolute Gasteiger partial charge is 0.455 e. The summed E-state index contributed by atoms with van der Waals surface area (Å²) < 4.78 is 5.23. The van der Waals surface area contributed by atoms with Crippen molar-refractivity contribution in [2.24, 2.45) is 17.8 Å². The molecule has 7 nitrogen and oxygen atoms in total. The van der Waals surface area contributed by atoms with Crippen LogP contribution in [0.4, 0.5) is 5.69 Å². The first-order chi connectivity index (χ1) is 14.3. The molecule has 0 heterocycles. The predicted molar refractivity (Wildman–Crippen MR) is 112 cm³/mol. The van der Waals surface area contributed by atoms with E-state index in [0.29, 0.717) is 12.8 Å². The number of esters is 1. The second-order valence-electron chi connectivity index (χ2n) is 8.57. The van der Waals surface area contributed by atoms with Crippen LogP contribution < -0.4 is 5.32 Å². The van der Waals surface area contributed by atoms with Gasteiger partial charge in [-0.25, -0.2) is 0 Å². The SMILES string of the molecule is Cc1cccc(C)c1NC(=O)CN(C)C(=O)COC(=O)C1C[C@H]2CCC[C@H](C1)C2=O. The average molecular weight is 415 g/mol. The lowest BCUT2D eigenvalue weighted by Gasteiger charge is -2.36. The first-order valence-corrected chi connectivity index (χ1v) is 10.6. The van der Waals surface area contributed by atoms with Crippen molar-refractivity contribution in [3.63, 3.8) is 0 Å². The monoisotopic (exact) mass is 414 g/mol. The molecule has 1 N–H and O–H groups in total. The molecule has 162 valence electrons. The number of carbonyl (C=O) groups is 4. The highest BCUT2D eigenvalue weighted by atomic mass is 16.5. The van der Waals surface area contributed by atoms with E-state index in [2.05, 4.69) is 5.32 Å². The lowest BCUT2D eigenvalue weighted by Crippen LogP contribution is -2.41. The molecule has 0 radical (unpaired) electrons. The van der Waals surface area contributed by atoms with Gasteiger partial charge in [-0.2, -0.15) is 0 Å². The van der Waals surface area contributed by atoms with Crippen molar-refractivity contribution in [3.8, 4) is 0 Å². The standard InChI is InChI=1S/C23H30N2O5/c1-14-6-4-7-15(2)21(14)24-19(26)12-25(3)20(27)13-30-23(29)18-10-16-8-5-9-17(11-18)22(16)28/h4,6-7,16-18H,5,8-13H2,1-3H3,(H,24,26)/t16-,17-/m1/s1. The summed E-state index contributed by atoms with van der Waals surface area (Å²) in [4.78, 5) is 50.4. The number of nitrogens with zero attached hydrogens (tertiary/aromatic N) is 1. The molecular formula is C23H30N2O5. The molecule has 0 unspecified atom stereocenters. The molecule has 30 heavy (non-hydrogen) atoms. The maximum absolute atomic E-state index is 12.4. The summed E-state index contributed by atoms with van der Waals surface area (Å²) >= 11 is 0. The van der Waals surface area contributed by atoms with E-state index < -0.39 is 18.5 Å². The zero-order valence-corrected chi connectivity index (χ0v) is 17.9. The summed E-state index contributed by atoms with van der Waals surface area (Å²) in [7, 11) is 1.50. The summed E-state index contributed by atoms with van der Waals surface area (Å²) in [5, 5.41) is 2.84. The third-order valence-corrected chi connectivity index (χ3v) is 6.27. The fourth-order valence-corrected chi connectivity index (χ4v) is 4.53. The number of benzene rings is 1. The number of hydrogen-bond acceptors (Lipinski definition) is 5. The summed E-state index contributed by atoms with van der Waals surface area (Å²) in [5.74, 6) is -1.27. The first kappa shape index (κ1) is 22.0. The van der Waals surface area contributed by atoms with Crippen molar-refractivity contribution in [3.05, 3.63) is 29.3 Å². The lowest BCUT2D eigenvalue weighted by molar-refractivity contribution is -0.158. The van der Waals surface area contributed by atoms with E-state index in [0.717, 1.165) is 36.1 Å². The van der Waals surface area contributed by atoms with E-state index in [1.54, 1.807) is 0 Å². The Balaban J connectivity index is 1.46. The fourth-order valence-electron chi connectivity index (χ4n) is 4.53. The van der Waals surface area contributed by atoms with Gasteiger partial charge in [-0.05, 0) is 50.7 Å². The number of nitrogens with one attached hydrogen (secondary N) is 1. The van der Waals surface area contributed by atoms with E-state index >= 15 is 0 Å². The molecule has 2 aliphatic carbocycles. The van der Waals surface area contributed by atoms with E-state index in [9.17, 15) is 19.2 Å². The van der Waals surface area contributed by atoms with Crippen molar-refractivity contribution < 1.29 is 23.9 Å². The van der Waals surface area contributed by atoms with Crippen LogP contribution in [0.3, 0.4) is 0 Å². The minimum absolute atomic E-state index is 0.0398. The zero-order chi connectivity index (χ0) is 21.8. The molecule has 2 fully saturated rings. The fraction of sp³-hybridized carbons (Fsp3) is 0.565. The van der Waals surface area contributed by atoms with Gasteiger partial charge in [-0.3, -0.25) is 19.2 Å². The molecule has 2 saturated carbocycles. The molecular weight excluding hydrogens is 384 g/mol. The Morgan fingerprint density at radius 2 is 1.70 bits per heavy atom. The number of rotatable bonds is 6. The van der Waals surface area contributed by atoms with Gasteiger partial charge in [-0.15, -0.1) is 0 Å². The number of ether oxygens (including phenoxy) is 1. The normalized spacial score (nSPS) is 22.9. The second kappa shape index (κ2) is 9.41. The average Bonchev–Trinajstić information content (AvgIpc) is 2.68. The van der Waals surface area contributed by atoms with Crippen molar-refractivity contribution in [2.45, 2.75) is 46.0 Å².